The van der Waals surface area contributed by atoms with Crippen molar-refractivity contribution in [3.63, 3.8) is 0 Å². The third-order valence-corrected chi connectivity index (χ3v) is 9.39. The first-order valence-electron chi connectivity index (χ1n) is 11.5. The van der Waals surface area contributed by atoms with Crippen LogP contribution in [-0.2, 0) is 0 Å². The van der Waals surface area contributed by atoms with Gasteiger partial charge in [0, 0.05) is 5.92 Å². The lowest BCUT2D eigenvalue weighted by Gasteiger charge is -2.37. The van der Waals surface area contributed by atoms with Crippen molar-refractivity contribution < 1.29 is 0 Å². The van der Waals surface area contributed by atoms with E-state index in [0.29, 0.717) is 5.92 Å². The minimum atomic E-state index is 0.609. The van der Waals surface area contributed by atoms with E-state index in [1.54, 1.807) is 11.1 Å². The summed E-state index contributed by atoms with van der Waals surface area (Å²) < 4.78 is 0. The van der Waals surface area contributed by atoms with Crippen LogP contribution in [0.3, 0.4) is 0 Å². The Morgan fingerprint density at radius 1 is 0.679 bits per heavy atom. The average molecular weight is 389 g/mol. The van der Waals surface area contributed by atoms with E-state index in [0.717, 1.165) is 17.2 Å². The second kappa shape index (κ2) is 8.54. The number of fused-ring (bicyclic) bond motifs is 1. The zero-order valence-electron chi connectivity index (χ0n) is 16.9. The smallest absolute Gasteiger partial charge is 0.0130 e. The molecule has 0 nitrogen and oxygen atoms in total. The average Bonchev–Trinajstić information content (AvgIpc) is 3.15. The summed E-state index contributed by atoms with van der Waals surface area (Å²) in [6.45, 7) is 0. The Balaban J connectivity index is 1.39. The summed E-state index contributed by atoms with van der Waals surface area (Å²) in [6.07, 6.45) is 15.8. The molecule has 0 heterocycles. The largest absolute Gasteiger partial charge is 0.116 e. The lowest BCUT2D eigenvalue weighted by atomic mass is 9.73. The number of allylic oxidation sites excluding steroid dienone is 1. The molecule has 0 amide bonds. The highest BCUT2D eigenvalue weighted by Gasteiger charge is 2.36. The number of hydrogen-bond acceptors (Lipinski definition) is 0. The number of rotatable bonds is 4. The first kappa shape index (κ1) is 18.6. The molecule has 2 aromatic carbocycles. The third kappa shape index (κ3) is 3.86. The van der Waals surface area contributed by atoms with Gasteiger partial charge >= 0.3 is 0 Å². The van der Waals surface area contributed by atoms with Crippen molar-refractivity contribution in [2.45, 2.75) is 75.0 Å². The van der Waals surface area contributed by atoms with Crippen molar-refractivity contribution in [2.24, 2.45) is 5.92 Å². The van der Waals surface area contributed by atoms with Crippen LogP contribution in [0.2, 0.25) is 0 Å². The van der Waals surface area contributed by atoms with Crippen molar-refractivity contribution in [2.75, 3.05) is 0 Å². The minimum Gasteiger partial charge on any atom is -0.116 e. The zero-order chi connectivity index (χ0) is 18.8. The second-order valence-corrected chi connectivity index (χ2v) is 11.2. The number of hydrogen-bond donors (Lipinski definition) is 0. The quantitative estimate of drug-likeness (QED) is 0.467. The van der Waals surface area contributed by atoms with E-state index in [2.05, 4.69) is 60.7 Å². The van der Waals surface area contributed by atoms with Crippen molar-refractivity contribution in [1.82, 2.24) is 0 Å². The van der Waals surface area contributed by atoms with Crippen LogP contribution in [0.15, 0.2) is 54.6 Å². The summed E-state index contributed by atoms with van der Waals surface area (Å²) >= 11 is 0. The molecule has 1 heteroatoms. The van der Waals surface area contributed by atoms with Gasteiger partial charge in [0.15, 0.2) is 0 Å². The van der Waals surface area contributed by atoms with Crippen LogP contribution >= 0.6 is 8.58 Å². The Bertz CT molecular complexity index is 815. The molecule has 146 valence electrons. The van der Waals surface area contributed by atoms with Crippen LogP contribution in [0.25, 0.3) is 11.6 Å². The first-order chi connectivity index (χ1) is 13.9. The van der Waals surface area contributed by atoms with Gasteiger partial charge in [0.05, 0.1) is 0 Å². The maximum atomic E-state index is 2.49. The maximum absolute atomic E-state index is 2.49. The first-order valence-corrected chi connectivity index (χ1v) is 12.7. The molecule has 2 fully saturated rings. The van der Waals surface area contributed by atoms with Gasteiger partial charge in [0.2, 0.25) is 0 Å². The minimum absolute atomic E-state index is 0.609. The molecule has 5 rings (SSSR count). The van der Waals surface area contributed by atoms with E-state index >= 15 is 0 Å². The molecule has 0 aliphatic heterocycles. The van der Waals surface area contributed by atoms with Crippen molar-refractivity contribution >= 4 is 20.2 Å². The molecule has 0 N–H and O–H groups in total. The Labute approximate surface area is 172 Å². The summed E-state index contributed by atoms with van der Waals surface area (Å²) in [7, 11) is 1.22. The molecule has 0 saturated heterocycles. The van der Waals surface area contributed by atoms with E-state index in [1.807, 2.05) is 0 Å². The lowest BCUT2D eigenvalue weighted by Crippen LogP contribution is -2.24. The summed E-state index contributed by atoms with van der Waals surface area (Å²) in [4.78, 5) is 0. The molecule has 4 unspecified atom stereocenters. The van der Waals surface area contributed by atoms with Crippen LogP contribution in [0.5, 0.6) is 0 Å². The Hall–Kier alpha value is -1.39. The molecule has 0 spiro atoms. The predicted octanol–water partition coefficient (Wildman–Crippen LogP) is 7.89. The van der Waals surface area contributed by atoms with Gasteiger partial charge in [-0.05, 0) is 71.6 Å². The SMILES string of the molecule is C1=C(c2ccccc2)C(C2CCCC(PC3CCCCC3)C2)c2ccccc21. The third-order valence-electron chi connectivity index (χ3n) is 7.35. The van der Waals surface area contributed by atoms with E-state index in [1.165, 1.54) is 77.5 Å². The molecule has 3 aliphatic rings. The normalized spacial score (nSPS) is 28.4. The van der Waals surface area contributed by atoms with Gasteiger partial charge in [0.25, 0.3) is 0 Å². The molecule has 28 heavy (non-hydrogen) atoms. The van der Waals surface area contributed by atoms with Gasteiger partial charge < -0.3 is 0 Å². The number of benzene rings is 2. The predicted molar refractivity (Wildman–Crippen MR) is 124 cm³/mol. The van der Waals surface area contributed by atoms with Crippen LogP contribution < -0.4 is 0 Å². The van der Waals surface area contributed by atoms with E-state index in [9.17, 15) is 0 Å². The van der Waals surface area contributed by atoms with Crippen molar-refractivity contribution in [3.8, 4) is 0 Å². The van der Waals surface area contributed by atoms with E-state index in [-0.39, 0.29) is 0 Å². The Morgan fingerprint density at radius 3 is 2.29 bits per heavy atom. The lowest BCUT2D eigenvalue weighted by molar-refractivity contribution is 0.342. The fourth-order valence-corrected chi connectivity index (χ4v) is 8.25. The van der Waals surface area contributed by atoms with Gasteiger partial charge in [-0.3, -0.25) is 0 Å². The Kier molecular flexibility index (Phi) is 5.68. The zero-order valence-corrected chi connectivity index (χ0v) is 17.9. The van der Waals surface area contributed by atoms with Gasteiger partial charge in [-0.1, -0.05) is 86.4 Å². The molecule has 3 aliphatic carbocycles. The molecule has 2 saturated carbocycles. The highest BCUT2D eigenvalue weighted by Crippen LogP contribution is 2.52. The van der Waals surface area contributed by atoms with Crippen LogP contribution in [0, 0.1) is 5.92 Å². The molecule has 0 radical (unpaired) electrons. The van der Waals surface area contributed by atoms with Crippen LogP contribution in [0.4, 0.5) is 0 Å². The fraction of sp³-hybridized carbons (Fsp3) is 0.481. The van der Waals surface area contributed by atoms with Gasteiger partial charge in [-0.2, -0.15) is 0 Å². The highest BCUT2D eigenvalue weighted by molar-refractivity contribution is 7.39. The summed E-state index contributed by atoms with van der Waals surface area (Å²) in [6, 6.07) is 20.3. The molecule has 0 aromatic heterocycles. The van der Waals surface area contributed by atoms with Gasteiger partial charge in [-0.25, -0.2) is 0 Å². The van der Waals surface area contributed by atoms with Crippen LogP contribution in [0.1, 0.15) is 80.4 Å². The fourth-order valence-electron chi connectivity index (χ4n) is 6.04. The van der Waals surface area contributed by atoms with Crippen molar-refractivity contribution in [1.29, 1.82) is 0 Å². The Morgan fingerprint density at radius 2 is 1.43 bits per heavy atom. The summed E-state index contributed by atoms with van der Waals surface area (Å²) in [5, 5.41) is 0. The topological polar surface area (TPSA) is 0 Å². The monoisotopic (exact) mass is 388 g/mol. The summed E-state index contributed by atoms with van der Waals surface area (Å²) in [5.41, 5.74) is 8.11. The molecular weight excluding hydrogens is 355 g/mol. The maximum Gasteiger partial charge on any atom is 0.0130 e. The van der Waals surface area contributed by atoms with Gasteiger partial charge in [0.1, 0.15) is 0 Å². The molecular formula is C27H33P. The highest BCUT2D eigenvalue weighted by atomic mass is 31.1. The molecule has 4 atom stereocenters. The van der Waals surface area contributed by atoms with E-state index < -0.39 is 0 Å². The molecule has 2 aromatic rings. The second-order valence-electron chi connectivity index (χ2n) is 9.20. The van der Waals surface area contributed by atoms with Crippen LogP contribution in [-0.4, -0.2) is 11.3 Å². The van der Waals surface area contributed by atoms with Crippen molar-refractivity contribution in [3.05, 3.63) is 71.3 Å². The molecule has 0 bridgehead atoms. The van der Waals surface area contributed by atoms with E-state index in [4.69, 9.17) is 0 Å². The van der Waals surface area contributed by atoms with Gasteiger partial charge in [-0.15, -0.1) is 8.58 Å². The summed E-state index contributed by atoms with van der Waals surface area (Å²) in [5.74, 6) is 1.43. The standard InChI is InChI=1S/C27H33P/c1-3-10-20(11-4-1)26-19-21-12-7-8-17-25(21)27(26)22-13-9-16-24(18-22)28-23-14-5-2-6-15-23/h1,3-4,7-8,10-12,17,19,22-24,27-28H,2,5-6,9,13-16,18H2.